The molecule has 184 valence electrons. The maximum atomic E-state index is 10.8. The number of ether oxygens (including phenoxy) is 2. The predicted molar refractivity (Wildman–Crippen MR) is 105 cm³/mol. The van der Waals surface area contributed by atoms with Crippen LogP contribution in [0.25, 0.3) is 0 Å². The van der Waals surface area contributed by atoms with E-state index in [-0.39, 0.29) is 13.2 Å². The summed E-state index contributed by atoms with van der Waals surface area (Å²) in [6, 6.07) is -0.894. The van der Waals surface area contributed by atoms with E-state index in [1.54, 1.807) is 0 Å². The molecule has 0 amide bonds. The van der Waals surface area contributed by atoms with E-state index in [9.17, 15) is 46.0 Å². The molecule has 0 aromatic carbocycles. The van der Waals surface area contributed by atoms with Gasteiger partial charge in [-0.05, 0) is 6.42 Å². The Kier molecular flexibility index (Phi) is 10.5. The highest BCUT2D eigenvalue weighted by Crippen LogP contribution is 2.33. The molecule has 12 atom stereocenters. The first-order valence-corrected chi connectivity index (χ1v) is 10.7. The molecule has 0 bridgehead atoms. The fourth-order valence-electron chi connectivity index (χ4n) is 4.24. The number of nitrogens with one attached hydrogen (secondary N) is 1. The Morgan fingerprint density at radius 2 is 1.61 bits per heavy atom. The van der Waals surface area contributed by atoms with Crippen LogP contribution in [-0.4, -0.2) is 139 Å². The number of hydrogen-bond donors (Lipinski definition) is 10. The highest BCUT2D eigenvalue weighted by Gasteiger charge is 2.52. The molecule has 2 saturated heterocycles. The molecule has 0 saturated carbocycles. The van der Waals surface area contributed by atoms with Gasteiger partial charge in [-0.15, -0.1) is 0 Å². The van der Waals surface area contributed by atoms with Gasteiger partial charge in [-0.2, -0.15) is 0 Å². The van der Waals surface area contributed by atoms with Crippen LogP contribution in [-0.2, 0) is 9.47 Å². The van der Waals surface area contributed by atoms with Crippen LogP contribution in [0.1, 0.15) is 19.8 Å². The first-order chi connectivity index (χ1) is 14.7. The summed E-state index contributed by atoms with van der Waals surface area (Å²) in [4.78, 5) is 0. The number of rotatable bonds is 10. The van der Waals surface area contributed by atoms with E-state index in [0.717, 1.165) is 0 Å². The van der Waals surface area contributed by atoms with Crippen molar-refractivity contribution in [2.24, 2.45) is 5.92 Å². The highest BCUT2D eigenvalue weighted by atomic mass is 16.6. The standard InChI is InChI=1S/C19H37NO11/c1-2-3-9(23)14(25)8(5-21)20-4-11-15(26)13(10(24)7-30-11)19-18(29)17(28)16(27)12(6-22)31-19/h8-29H,2-7H2,1H3/t8-,9+,10+,11?,12+,13+,14-,15+,16+,17-,18+,19?/m0/s1. The van der Waals surface area contributed by atoms with Crippen molar-refractivity contribution in [1.82, 2.24) is 5.32 Å². The molecule has 2 aliphatic heterocycles. The van der Waals surface area contributed by atoms with Crippen molar-refractivity contribution in [1.29, 1.82) is 0 Å². The second kappa shape index (κ2) is 12.1. The Morgan fingerprint density at radius 3 is 2.19 bits per heavy atom. The van der Waals surface area contributed by atoms with Gasteiger partial charge in [0, 0.05) is 12.5 Å². The van der Waals surface area contributed by atoms with Gasteiger partial charge in [0.05, 0.1) is 62.5 Å². The maximum Gasteiger partial charge on any atom is 0.111 e. The number of aliphatic hydroxyl groups is 9. The van der Waals surface area contributed by atoms with Gasteiger partial charge in [-0.1, -0.05) is 13.3 Å². The monoisotopic (exact) mass is 455 g/mol. The lowest BCUT2D eigenvalue weighted by Gasteiger charge is -2.48. The van der Waals surface area contributed by atoms with Crippen molar-refractivity contribution in [2.75, 3.05) is 26.4 Å². The van der Waals surface area contributed by atoms with E-state index in [4.69, 9.17) is 9.47 Å². The minimum atomic E-state index is -1.65. The van der Waals surface area contributed by atoms with Crippen LogP contribution in [0, 0.1) is 5.92 Å². The molecule has 10 N–H and O–H groups in total. The van der Waals surface area contributed by atoms with Gasteiger partial charge in [0.15, 0.2) is 0 Å². The zero-order valence-electron chi connectivity index (χ0n) is 17.5. The molecule has 0 radical (unpaired) electrons. The summed E-state index contributed by atoms with van der Waals surface area (Å²) >= 11 is 0. The van der Waals surface area contributed by atoms with Crippen LogP contribution in [0.15, 0.2) is 0 Å². The SMILES string of the molecule is CCC[C@@H](O)[C@@H](O)[C@H](CO)NCC1OC[C@@H](O)[C@@H](C2O[C@H](CO)[C@@H](O)[C@H](O)[C@H]2O)[C@@H]1O. The molecule has 0 spiro atoms. The molecule has 2 fully saturated rings. The lowest BCUT2D eigenvalue weighted by atomic mass is 9.79. The van der Waals surface area contributed by atoms with Gasteiger partial charge < -0.3 is 60.7 Å². The molecule has 12 heteroatoms. The van der Waals surface area contributed by atoms with E-state index >= 15 is 0 Å². The average molecular weight is 456 g/mol. The van der Waals surface area contributed by atoms with Gasteiger partial charge in [0.2, 0.25) is 0 Å². The van der Waals surface area contributed by atoms with E-state index in [1.165, 1.54) is 0 Å². The minimum Gasteiger partial charge on any atom is -0.395 e. The molecule has 0 aromatic heterocycles. The molecule has 2 aliphatic rings. The number of aliphatic hydroxyl groups excluding tert-OH is 9. The number of hydrogen-bond acceptors (Lipinski definition) is 12. The van der Waals surface area contributed by atoms with Crippen LogP contribution in [0.2, 0.25) is 0 Å². The summed E-state index contributed by atoms with van der Waals surface area (Å²) in [6.07, 6.45) is -12.2. The van der Waals surface area contributed by atoms with Gasteiger partial charge >= 0.3 is 0 Å². The minimum absolute atomic E-state index is 0.0665. The second-order valence-electron chi connectivity index (χ2n) is 8.34. The molecule has 2 rings (SSSR count). The maximum absolute atomic E-state index is 10.8. The van der Waals surface area contributed by atoms with Gasteiger partial charge in [-0.3, -0.25) is 0 Å². The lowest BCUT2D eigenvalue weighted by Crippen LogP contribution is -2.66. The molecule has 31 heavy (non-hydrogen) atoms. The molecule has 0 aromatic rings. The van der Waals surface area contributed by atoms with E-state index in [0.29, 0.717) is 12.8 Å². The van der Waals surface area contributed by atoms with E-state index in [2.05, 4.69) is 5.32 Å². The fourth-order valence-corrected chi connectivity index (χ4v) is 4.24. The molecule has 12 nitrogen and oxygen atoms in total. The lowest BCUT2D eigenvalue weighted by molar-refractivity contribution is -0.274. The van der Waals surface area contributed by atoms with Crippen LogP contribution in [0.3, 0.4) is 0 Å². The van der Waals surface area contributed by atoms with Crippen molar-refractivity contribution < 1.29 is 55.4 Å². The van der Waals surface area contributed by atoms with Gasteiger partial charge in [0.1, 0.15) is 24.4 Å². The Morgan fingerprint density at radius 1 is 0.935 bits per heavy atom. The summed E-state index contributed by atoms with van der Waals surface area (Å²) in [7, 11) is 0. The molecule has 0 aliphatic carbocycles. The fraction of sp³-hybridized carbons (Fsp3) is 1.00. The zero-order valence-corrected chi connectivity index (χ0v) is 17.5. The first kappa shape index (κ1) is 26.8. The van der Waals surface area contributed by atoms with Crippen LogP contribution < -0.4 is 5.32 Å². The molecule has 2 heterocycles. The third kappa shape index (κ3) is 6.10. The summed E-state index contributed by atoms with van der Waals surface area (Å²) in [5.41, 5.74) is 0. The van der Waals surface area contributed by atoms with Crippen molar-refractivity contribution >= 4 is 0 Å². The largest absolute Gasteiger partial charge is 0.395 e. The topological polar surface area (TPSA) is 213 Å². The third-order valence-electron chi connectivity index (χ3n) is 6.18. The van der Waals surface area contributed by atoms with Crippen LogP contribution in [0.5, 0.6) is 0 Å². The van der Waals surface area contributed by atoms with Crippen molar-refractivity contribution in [2.45, 2.75) is 86.8 Å². The Balaban J connectivity index is 2.06. The first-order valence-electron chi connectivity index (χ1n) is 10.7. The predicted octanol–water partition coefficient (Wildman–Crippen LogP) is -4.96. The molecular weight excluding hydrogens is 418 g/mol. The quantitative estimate of drug-likeness (QED) is 0.150. The second-order valence-corrected chi connectivity index (χ2v) is 8.34. The van der Waals surface area contributed by atoms with E-state index < -0.39 is 86.2 Å². The Labute approximate surface area is 180 Å². The third-order valence-corrected chi connectivity index (χ3v) is 6.18. The zero-order chi connectivity index (χ0) is 23.3. The van der Waals surface area contributed by atoms with Crippen LogP contribution >= 0.6 is 0 Å². The summed E-state index contributed by atoms with van der Waals surface area (Å²) < 4.78 is 10.9. The highest BCUT2D eigenvalue weighted by molar-refractivity contribution is 5.01. The smallest absolute Gasteiger partial charge is 0.111 e. The summed E-state index contributed by atoms with van der Waals surface area (Å²) in [6.45, 7) is 0.423. The van der Waals surface area contributed by atoms with Crippen molar-refractivity contribution in [3.63, 3.8) is 0 Å². The molecule has 2 unspecified atom stereocenters. The average Bonchev–Trinajstić information content (AvgIpc) is 2.75. The molecular formula is C19H37NO11. The van der Waals surface area contributed by atoms with Gasteiger partial charge in [-0.25, -0.2) is 0 Å². The normalized spacial score (nSPS) is 42.2. The van der Waals surface area contributed by atoms with Crippen molar-refractivity contribution in [3.05, 3.63) is 0 Å². The van der Waals surface area contributed by atoms with Crippen molar-refractivity contribution in [3.8, 4) is 0 Å². The van der Waals surface area contributed by atoms with Gasteiger partial charge in [0.25, 0.3) is 0 Å². The summed E-state index contributed by atoms with van der Waals surface area (Å²) in [5.74, 6) is -1.12. The Hall–Kier alpha value is -0.480. The Bertz CT molecular complexity index is 527. The van der Waals surface area contributed by atoms with Crippen LogP contribution in [0.4, 0.5) is 0 Å². The summed E-state index contributed by atoms with van der Waals surface area (Å²) in [5, 5.41) is 93.4. The van der Waals surface area contributed by atoms with E-state index in [1.807, 2.05) is 6.92 Å².